The van der Waals surface area contributed by atoms with Crippen LogP contribution in [0.3, 0.4) is 0 Å². The van der Waals surface area contributed by atoms with E-state index in [0.717, 1.165) is 16.0 Å². The van der Waals surface area contributed by atoms with E-state index in [-0.39, 0.29) is 0 Å². The van der Waals surface area contributed by atoms with Crippen molar-refractivity contribution < 1.29 is 9.47 Å². The zero-order valence-electron chi connectivity index (χ0n) is 11.6. The minimum Gasteiger partial charge on any atom is -0.493 e. The Labute approximate surface area is 131 Å². The highest BCUT2D eigenvalue weighted by molar-refractivity contribution is 9.11. The van der Waals surface area contributed by atoms with Crippen LogP contribution in [0.4, 0.5) is 11.4 Å². The van der Waals surface area contributed by atoms with Crippen LogP contribution in [0.25, 0.3) is 0 Å². The van der Waals surface area contributed by atoms with E-state index >= 15 is 0 Å². The number of methoxy groups -OCH3 is 2. The van der Waals surface area contributed by atoms with E-state index in [0.29, 0.717) is 17.2 Å². The number of rotatable bonds is 5. The Morgan fingerprint density at radius 2 is 1.85 bits per heavy atom. The molecule has 0 atom stereocenters. The Morgan fingerprint density at radius 3 is 2.40 bits per heavy atom. The number of benzene rings is 1. The van der Waals surface area contributed by atoms with Crippen molar-refractivity contribution in [3.8, 4) is 11.5 Å². The summed E-state index contributed by atoms with van der Waals surface area (Å²) in [4.78, 5) is 2.09. The third kappa shape index (κ3) is 3.19. The number of nitrogen functional groups attached to an aromatic ring is 1. The fourth-order valence-corrected chi connectivity index (χ4v) is 3.20. The predicted octanol–water partition coefficient (Wildman–Crippen LogP) is 3.75. The molecule has 0 bridgehead atoms. The molecule has 2 N–H and O–H groups in total. The summed E-state index contributed by atoms with van der Waals surface area (Å²) in [5.41, 5.74) is 8.92. The maximum absolute atomic E-state index is 6.10. The fraction of sp³-hybridized carbons (Fsp3) is 0.286. The van der Waals surface area contributed by atoms with Crippen LogP contribution in [-0.2, 0) is 6.54 Å². The molecule has 2 aromatic rings. The molecule has 0 spiro atoms. The van der Waals surface area contributed by atoms with E-state index in [1.807, 2.05) is 13.1 Å². The van der Waals surface area contributed by atoms with Gasteiger partial charge >= 0.3 is 0 Å². The van der Waals surface area contributed by atoms with E-state index < -0.39 is 0 Å². The molecule has 2 rings (SSSR count). The molecular formula is C14H17BrN2O2S. The molecule has 0 aliphatic carbocycles. The van der Waals surface area contributed by atoms with Gasteiger partial charge in [0.15, 0.2) is 11.5 Å². The topological polar surface area (TPSA) is 47.7 Å². The first kappa shape index (κ1) is 15.0. The summed E-state index contributed by atoms with van der Waals surface area (Å²) in [5.74, 6) is 1.32. The van der Waals surface area contributed by atoms with E-state index in [1.165, 1.54) is 5.56 Å². The highest BCUT2D eigenvalue weighted by Crippen LogP contribution is 2.37. The van der Waals surface area contributed by atoms with Crippen LogP contribution in [0.5, 0.6) is 11.5 Å². The lowest BCUT2D eigenvalue weighted by atomic mass is 10.2. The van der Waals surface area contributed by atoms with Crippen molar-refractivity contribution in [2.75, 3.05) is 31.9 Å². The van der Waals surface area contributed by atoms with Crippen molar-refractivity contribution in [3.05, 3.63) is 32.9 Å². The van der Waals surface area contributed by atoms with Crippen LogP contribution in [0.15, 0.2) is 27.4 Å². The maximum atomic E-state index is 6.10. The SMILES string of the molecule is COc1cc(N)c(N(C)Cc2csc(Br)c2)cc1OC. The lowest BCUT2D eigenvalue weighted by Crippen LogP contribution is -2.17. The van der Waals surface area contributed by atoms with Crippen molar-refractivity contribution in [1.29, 1.82) is 0 Å². The number of thiophene rings is 1. The van der Waals surface area contributed by atoms with Crippen LogP contribution >= 0.6 is 27.3 Å². The molecule has 0 amide bonds. The molecule has 0 fully saturated rings. The van der Waals surface area contributed by atoms with E-state index in [1.54, 1.807) is 31.6 Å². The monoisotopic (exact) mass is 356 g/mol. The lowest BCUT2D eigenvalue weighted by Gasteiger charge is -2.22. The summed E-state index contributed by atoms with van der Waals surface area (Å²) >= 11 is 5.15. The van der Waals surface area contributed by atoms with Gasteiger partial charge in [0.1, 0.15) is 0 Å². The molecule has 0 aliphatic rings. The zero-order valence-corrected chi connectivity index (χ0v) is 14.0. The average molecular weight is 357 g/mol. The molecule has 20 heavy (non-hydrogen) atoms. The van der Waals surface area contributed by atoms with Gasteiger partial charge in [0.05, 0.1) is 29.4 Å². The van der Waals surface area contributed by atoms with Gasteiger partial charge in [-0.3, -0.25) is 0 Å². The van der Waals surface area contributed by atoms with Crippen LogP contribution in [0, 0.1) is 0 Å². The Kier molecular flexibility index (Phi) is 4.77. The average Bonchev–Trinajstić information content (AvgIpc) is 2.83. The Hall–Kier alpha value is -1.40. The minimum atomic E-state index is 0.639. The molecule has 1 aromatic carbocycles. The molecule has 0 saturated heterocycles. The van der Waals surface area contributed by atoms with Crippen molar-refractivity contribution in [2.24, 2.45) is 0 Å². The quantitative estimate of drug-likeness (QED) is 0.828. The first-order chi connectivity index (χ1) is 9.55. The third-order valence-electron chi connectivity index (χ3n) is 2.99. The van der Waals surface area contributed by atoms with Gasteiger partial charge in [-0.1, -0.05) is 0 Å². The molecular weight excluding hydrogens is 340 g/mol. The molecule has 0 saturated carbocycles. The van der Waals surface area contributed by atoms with Gasteiger partial charge in [0.2, 0.25) is 0 Å². The van der Waals surface area contributed by atoms with E-state index in [9.17, 15) is 0 Å². The van der Waals surface area contributed by atoms with Crippen LogP contribution < -0.4 is 20.1 Å². The number of nitrogens with zero attached hydrogens (tertiary/aromatic N) is 1. The molecule has 1 heterocycles. The van der Waals surface area contributed by atoms with Crippen molar-refractivity contribution >= 4 is 38.6 Å². The minimum absolute atomic E-state index is 0.639. The summed E-state index contributed by atoms with van der Waals surface area (Å²) in [5, 5.41) is 2.12. The molecule has 0 aliphatic heterocycles. The van der Waals surface area contributed by atoms with Gasteiger partial charge in [-0.25, -0.2) is 0 Å². The molecule has 4 nitrogen and oxygen atoms in total. The van der Waals surface area contributed by atoms with E-state index in [4.69, 9.17) is 15.2 Å². The molecule has 108 valence electrons. The molecule has 6 heteroatoms. The summed E-state index contributed by atoms with van der Waals surface area (Å²) in [7, 11) is 5.22. The van der Waals surface area contributed by atoms with Crippen molar-refractivity contribution in [3.63, 3.8) is 0 Å². The van der Waals surface area contributed by atoms with E-state index in [2.05, 4.69) is 32.3 Å². The number of nitrogens with two attached hydrogens (primary N) is 1. The number of hydrogen-bond acceptors (Lipinski definition) is 5. The molecule has 0 radical (unpaired) electrons. The standard InChI is InChI=1S/C14H17BrN2O2S/c1-17(7-9-4-14(15)20-8-9)11-6-13(19-3)12(18-2)5-10(11)16/h4-6,8H,7,16H2,1-3H3. The van der Waals surface area contributed by atoms with Crippen LogP contribution in [0.1, 0.15) is 5.56 Å². The summed E-state index contributed by atoms with van der Waals surface area (Å²) in [6.07, 6.45) is 0. The number of hydrogen-bond donors (Lipinski definition) is 1. The van der Waals surface area contributed by atoms with Crippen LogP contribution in [0.2, 0.25) is 0 Å². The van der Waals surface area contributed by atoms with Crippen molar-refractivity contribution in [1.82, 2.24) is 0 Å². The largest absolute Gasteiger partial charge is 0.493 e. The number of halogens is 1. The lowest BCUT2D eigenvalue weighted by molar-refractivity contribution is 0.355. The van der Waals surface area contributed by atoms with Crippen LogP contribution in [-0.4, -0.2) is 21.3 Å². The summed E-state index contributed by atoms with van der Waals surface area (Å²) in [6.45, 7) is 0.780. The molecule has 0 unspecified atom stereocenters. The second kappa shape index (κ2) is 6.37. The maximum Gasteiger partial charge on any atom is 0.162 e. The van der Waals surface area contributed by atoms with Gasteiger partial charge in [0.25, 0.3) is 0 Å². The van der Waals surface area contributed by atoms with Gasteiger partial charge in [-0.15, -0.1) is 11.3 Å². The fourth-order valence-electron chi connectivity index (χ4n) is 2.00. The Bertz CT molecular complexity index is 601. The van der Waals surface area contributed by atoms with Gasteiger partial charge < -0.3 is 20.1 Å². The molecule has 1 aromatic heterocycles. The zero-order chi connectivity index (χ0) is 14.7. The van der Waals surface area contributed by atoms with Gasteiger partial charge in [-0.2, -0.15) is 0 Å². The number of ether oxygens (including phenoxy) is 2. The Morgan fingerprint density at radius 1 is 1.20 bits per heavy atom. The summed E-state index contributed by atoms with van der Waals surface area (Å²) < 4.78 is 11.7. The number of anilines is 2. The first-order valence-corrected chi connectivity index (χ1v) is 7.68. The second-order valence-corrected chi connectivity index (χ2v) is 6.67. The second-order valence-electron chi connectivity index (χ2n) is 4.38. The highest BCUT2D eigenvalue weighted by Gasteiger charge is 2.13. The highest BCUT2D eigenvalue weighted by atomic mass is 79.9. The van der Waals surface area contributed by atoms with Gasteiger partial charge in [0, 0.05) is 25.7 Å². The smallest absolute Gasteiger partial charge is 0.162 e. The Balaban J connectivity index is 2.27. The summed E-state index contributed by atoms with van der Waals surface area (Å²) in [6, 6.07) is 5.79. The van der Waals surface area contributed by atoms with Gasteiger partial charge in [-0.05, 0) is 32.9 Å². The third-order valence-corrected chi connectivity index (χ3v) is 4.54. The van der Waals surface area contributed by atoms with Crippen molar-refractivity contribution in [2.45, 2.75) is 6.54 Å². The first-order valence-electron chi connectivity index (χ1n) is 6.00. The predicted molar refractivity (Wildman–Crippen MR) is 88.1 cm³/mol. The normalized spacial score (nSPS) is 10.4.